The van der Waals surface area contributed by atoms with Gasteiger partial charge in [-0.05, 0) is 49.7 Å². The maximum atomic E-state index is 12.4. The van der Waals surface area contributed by atoms with Crippen molar-refractivity contribution in [2.24, 2.45) is 0 Å². The van der Waals surface area contributed by atoms with Crippen molar-refractivity contribution in [3.05, 3.63) is 70.4 Å². The quantitative estimate of drug-likeness (QED) is 0.674. The van der Waals surface area contributed by atoms with Gasteiger partial charge in [0, 0.05) is 36.1 Å². The van der Waals surface area contributed by atoms with E-state index in [-0.39, 0.29) is 11.6 Å². The van der Waals surface area contributed by atoms with Crippen molar-refractivity contribution in [1.82, 2.24) is 19.9 Å². The fourth-order valence-corrected chi connectivity index (χ4v) is 4.03. The first-order valence-corrected chi connectivity index (χ1v) is 10.1. The summed E-state index contributed by atoms with van der Waals surface area (Å²) >= 11 is 0. The van der Waals surface area contributed by atoms with E-state index in [9.17, 15) is 4.79 Å². The van der Waals surface area contributed by atoms with E-state index in [0.29, 0.717) is 12.4 Å². The molecule has 1 fully saturated rings. The SMILES string of the molecule is COc1ccc(OC)c(CN2CCCCC2c2cc(=O)[nH]c(-c3cccnc3)n2)c1. The van der Waals surface area contributed by atoms with E-state index in [1.54, 1.807) is 32.7 Å². The predicted molar refractivity (Wildman–Crippen MR) is 115 cm³/mol. The molecule has 0 amide bonds. The number of nitrogens with zero attached hydrogens (tertiary/aromatic N) is 3. The summed E-state index contributed by atoms with van der Waals surface area (Å²) in [6.07, 6.45) is 6.58. The molecule has 0 radical (unpaired) electrons. The van der Waals surface area contributed by atoms with Crippen LogP contribution in [0.4, 0.5) is 0 Å². The number of nitrogens with one attached hydrogen (secondary N) is 1. The molecule has 3 heterocycles. The van der Waals surface area contributed by atoms with Crippen LogP contribution in [0.3, 0.4) is 0 Å². The smallest absolute Gasteiger partial charge is 0.251 e. The lowest BCUT2D eigenvalue weighted by atomic mass is 9.98. The zero-order chi connectivity index (χ0) is 20.9. The second-order valence-corrected chi connectivity index (χ2v) is 7.42. The highest BCUT2D eigenvalue weighted by atomic mass is 16.5. The Morgan fingerprint density at radius 2 is 2.07 bits per heavy atom. The van der Waals surface area contributed by atoms with Crippen LogP contribution in [-0.2, 0) is 6.54 Å². The number of methoxy groups -OCH3 is 2. The van der Waals surface area contributed by atoms with Gasteiger partial charge in [-0.2, -0.15) is 0 Å². The molecule has 0 bridgehead atoms. The number of aromatic amines is 1. The van der Waals surface area contributed by atoms with Crippen LogP contribution in [0.15, 0.2) is 53.6 Å². The summed E-state index contributed by atoms with van der Waals surface area (Å²) in [7, 11) is 3.34. The Labute approximate surface area is 175 Å². The monoisotopic (exact) mass is 406 g/mol. The van der Waals surface area contributed by atoms with Gasteiger partial charge in [-0.3, -0.25) is 14.7 Å². The standard InChI is InChI=1S/C23H26N4O3/c1-29-18-8-9-21(30-2)17(12-18)15-27-11-4-3-7-20(27)19-13-22(28)26-23(25-19)16-6-5-10-24-14-16/h5-6,8-10,12-14,20H,3-4,7,11,15H2,1-2H3,(H,25,26,28). The maximum Gasteiger partial charge on any atom is 0.251 e. The third-order valence-electron chi connectivity index (χ3n) is 5.51. The van der Waals surface area contributed by atoms with Crippen LogP contribution in [0.1, 0.15) is 36.6 Å². The lowest BCUT2D eigenvalue weighted by Gasteiger charge is -2.35. The van der Waals surface area contributed by atoms with Crippen molar-refractivity contribution in [3.63, 3.8) is 0 Å². The lowest BCUT2D eigenvalue weighted by Crippen LogP contribution is -2.34. The highest BCUT2D eigenvalue weighted by Gasteiger charge is 2.27. The van der Waals surface area contributed by atoms with Crippen LogP contribution < -0.4 is 15.0 Å². The van der Waals surface area contributed by atoms with Crippen LogP contribution in [0.25, 0.3) is 11.4 Å². The number of aromatic nitrogens is 3. The molecule has 0 saturated carbocycles. The Hall–Kier alpha value is -3.19. The van der Waals surface area contributed by atoms with Crippen molar-refractivity contribution in [2.75, 3.05) is 20.8 Å². The predicted octanol–water partition coefficient (Wildman–Crippen LogP) is 3.58. The van der Waals surface area contributed by atoms with Gasteiger partial charge in [0.2, 0.25) is 0 Å². The molecule has 0 aliphatic carbocycles. The first-order valence-electron chi connectivity index (χ1n) is 10.1. The fraction of sp³-hybridized carbons (Fsp3) is 0.348. The summed E-state index contributed by atoms with van der Waals surface area (Å²) in [6.45, 7) is 1.63. The molecule has 4 rings (SSSR count). The number of piperidine rings is 1. The molecule has 1 aliphatic rings. The summed E-state index contributed by atoms with van der Waals surface area (Å²) in [4.78, 5) is 26.6. The molecule has 1 aromatic carbocycles. The Kier molecular flexibility index (Phi) is 6.09. The summed E-state index contributed by atoms with van der Waals surface area (Å²) in [5.41, 5.74) is 2.50. The minimum atomic E-state index is -0.150. The first-order chi connectivity index (χ1) is 14.7. The van der Waals surface area contributed by atoms with E-state index >= 15 is 0 Å². The largest absolute Gasteiger partial charge is 0.497 e. The first kappa shape index (κ1) is 20.1. The Morgan fingerprint density at radius 3 is 2.83 bits per heavy atom. The normalized spacial score (nSPS) is 16.9. The number of rotatable bonds is 6. The van der Waals surface area contributed by atoms with Crippen molar-refractivity contribution in [2.45, 2.75) is 31.8 Å². The van der Waals surface area contributed by atoms with Crippen molar-refractivity contribution in [1.29, 1.82) is 0 Å². The molecule has 1 atom stereocenters. The minimum absolute atomic E-state index is 0.0624. The van der Waals surface area contributed by atoms with Crippen LogP contribution in [0.5, 0.6) is 11.5 Å². The molecule has 1 unspecified atom stereocenters. The molecule has 1 saturated heterocycles. The van der Waals surface area contributed by atoms with Gasteiger partial charge < -0.3 is 14.5 Å². The third-order valence-corrected chi connectivity index (χ3v) is 5.51. The van der Waals surface area contributed by atoms with Gasteiger partial charge in [0.25, 0.3) is 5.56 Å². The summed E-state index contributed by atoms with van der Waals surface area (Å²) < 4.78 is 11.0. The van der Waals surface area contributed by atoms with E-state index in [0.717, 1.165) is 54.1 Å². The number of hydrogen-bond donors (Lipinski definition) is 1. The second kappa shape index (κ2) is 9.09. The molecular formula is C23H26N4O3. The topological polar surface area (TPSA) is 80.3 Å². The Balaban J connectivity index is 1.67. The average molecular weight is 406 g/mol. The summed E-state index contributed by atoms with van der Waals surface area (Å²) in [6, 6.07) is 11.3. The van der Waals surface area contributed by atoms with Crippen molar-refractivity contribution >= 4 is 0 Å². The molecule has 3 aromatic rings. The maximum absolute atomic E-state index is 12.4. The second-order valence-electron chi connectivity index (χ2n) is 7.42. The molecule has 0 spiro atoms. The highest BCUT2D eigenvalue weighted by molar-refractivity contribution is 5.52. The molecule has 2 aromatic heterocycles. The number of pyridine rings is 1. The molecule has 7 nitrogen and oxygen atoms in total. The molecule has 156 valence electrons. The molecule has 1 aliphatic heterocycles. The minimum Gasteiger partial charge on any atom is -0.497 e. The zero-order valence-electron chi connectivity index (χ0n) is 17.3. The third kappa shape index (κ3) is 4.36. The Morgan fingerprint density at radius 1 is 1.17 bits per heavy atom. The number of likely N-dealkylation sites (tertiary alicyclic amines) is 1. The van der Waals surface area contributed by atoms with Gasteiger partial charge in [-0.1, -0.05) is 6.42 Å². The number of benzene rings is 1. The molecule has 30 heavy (non-hydrogen) atoms. The number of hydrogen-bond acceptors (Lipinski definition) is 6. The average Bonchev–Trinajstić information content (AvgIpc) is 2.79. The summed E-state index contributed by atoms with van der Waals surface area (Å²) in [5, 5.41) is 0. The number of ether oxygens (including phenoxy) is 2. The van der Waals surface area contributed by atoms with Gasteiger partial charge in [-0.25, -0.2) is 4.98 Å². The van der Waals surface area contributed by atoms with Gasteiger partial charge >= 0.3 is 0 Å². The van der Waals surface area contributed by atoms with E-state index in [1.807, 2.05) is 30.3 Å². The molecule has 1 N–H and O–H groups in total. The van der Waals surface area contributed by atoms with E-state index in [4.69, 9.17) is 14.5 Å². The van der Waals surface area contributed by atoms with Crippen LogP contribution in [-0.4, -0.2) is 40.6 Å². The van der Waals surface area contributed by atoms with Crippen LogP contribution in [0.2, 0.25) is 0 Å². The fourth-order valence-electron chi connectivity index (χ4n) is 4.03. The van der Waals surface area contributed by atoms with Crippen LogP contribution in [0, 0.1) is 0 Å². The number of H-pyrrole nitrogens is 1. The van der Waals surface area contributed by atoms with Gasteiger partial charge in [0.1, 0.15) is 17.3 Å². The highest BCUT2D eigenvalue weighted by Crippen LogP contribution is 2.34. The van der Waals surface area contributed by atoms with Gasteiger partial charge in [0.05, 0.1) is 26.0 Å². The van der Waals surface area contributed by atoms with Crippen molar-refractivity contribution in [3.8, 4) is 22.9 Å². The van der Waals surface area contributed by atoms with Gasteiger partial charge in [-0.15, -0.1) is 0 Å². The van der Waals surface area contributed by atoms with Gasteiger partial charge in [0.15, 0.2) is 0 Å². The molecule has 7 heteroatoms. The van der Waals surface area contributed by atoms with Crippen molar-refractivity contribution < 1.29 is 9.47 Å². The van der Waals surface area contributed by atoms with E-state index in [2.05, 4.69) is 14.9 Å². The van der Waals surface area contributed by atoms with E-state index in [1.165, 1.54) is 0 Å². The zero-order valence-corrected chi connectivity index (χ0v) is 17.3. The molecular weight excluding hydrogens is 380 g/mol. The van der Waals surface area contributed by atoms with Crippen LogP contribution >= 0.6 is 0 Å². The van der Waals surface area contributed by atoms with E-state index < -0.39 is 0 Å². The summed E-state index contributed by atoms with van der Waals surface area (Å²) in [5.74, 6) is 2.18. The Bertz CT molecular complexity index is 1050. The lowest BCUT2D eigenvalue weighted by molar-refractivity contribution is 0.135.